The fraction of sp³-hybridized carbons (Fsp3) is 0.471. The number of rotatable bonds is 4. The van der Waals surface area contributed by atoms with Crippen molar-refractivity contribution >= 4 is 16.8 Å². The first-order valence-corrected chi connectivity index (χ1v) is 7.65. The predicted octanol–water partition coefficient (Wildman–Crippen LogP) is 3.19. The lowest BCUT2D eigenvalue weighted by Gasteiger charge is -2.21. The van der Waals surface area contributed by atoms with Crippen molar-refractivity contribution in [1.29, 1.82) is 0 Å². The molecule has 3 rings (SSSR count). The molecule has 3 nitrogen and oxygen atoms in total. The van der Waals surface area contributed by atoms with E-state index in [1.54, 1.807) is 0 Å². The Balaban J connectivity index is 1.76. The number of carbonyl (C=O) groups is 1. The molecule has 1 aromatic carbocycles. The second-order valence-corrected chi connectivity index (χ2v) is 5.71. The smallest absolute Gasteiger partial charge is 0.223 e. The predicted molar refractivity (Wildman–Crippen MR) is 81.7 cm³/mol. The van der Waals surface area contributed by atoms with E-state index in [1.165, 1.54) is 22.2 Å². The lowest BCUT2D eigenvalue weighted by molar-refractivity contribution is -0.125. The first kappa shape index (κ1) is 13.2. The Morgan fingerprint density at radius 3 is 3.10 bits per heavy atom. The van der Waals surface area contributed by atoms with Crippen LogP contribution >= 0.6 is 0 Å². The zero-order valence-corrected chi connectivity index (χ0v) is 12.0. The molecule has 1 aliphatic rings. The number of para-hydroxylation sites is 1. The minimum absolute atomic E-state index is 0.138. The van der Waals surface area contributed by atoms with Gasteiger partial charge in [-0.15, -0.1) is 0 Å². The first-order chi connectivity index (χ1) is 9.79. The number of aromatic nitrogens is 1. The van der Waals surface area contributed by atoms with Crippen LogP contribution in [0.25, 0.3) is 10.9 Å². The third kappa shape index (κ3) is 2.45. The lowest BCUT2D eigenvalue weighted by atomic mass is 9.86. The molecule has 1 amide bonds. The Morgan fingerprint density at radius 2 is 2.25 bits per heavy atom. The molecule has 1 aliphatic carbocycles. The molecular weight excluding hydrogens is 248 g/mol. The molecule has 1 aromatic heterocycles. The van der Waals surface area contributed by atoms with Crippen molar-refractivity contribution in [2.45, 2.75) is 39.0 Å². The Labute approximate surface area is 119 Å². The molecule has 3 heteroatoms. The third-order valence-corrected chi connectivity index (χ3v) is 4.30. The Kier molecular flexibility index (Phi) is 3.77. The number of hydrogen-bond donors (Lipinski definition) is 2. The second kappa shape index (κ2) is 5.70. The Bertz CT molecular complexity index is 614. The maximum absolute atomic E-state index is 12.2. The van der Waals surface area contributed by atoms with E-state index in [-0.39, 0.29) is 11.8 Å². The molecule has 0 spiro atoms. The number of carbonyl (C=O) groups excluding carboxylic acids is 1. The van der Waals surface area contributed by atoms with Gasteiger partial charge >= 0.3 is 0 Å². The van der Waals surface area contributed by atoms with Crippen molar-refractivity contribution in [2.24, 2.45) is 5.92 Å². The largest absolute Gasteiger partial charge is 0.358 e. The highest BCUT2D eigenvalue weighted by molar-refractivity contribution is 5.86. The van der Waals surface area contributed by atoms with Crippen molar-refractivity contribution in [1.82, 2.24) is 10.3 Å². The molecule has 2 N–H and O–H groups in total. The van der Waals surface area contributed by atoms with Crippen molar-refractivity contribution in [2.75, 3.05) is 6.54 Å². The van der Waals surface area contributed by atoms with Gasteiger partial charge in [0.15, 0.2) is 0 Å². The monoisotopic (exact) mass is 270 g/mol. The van der Waals surface area contributed by atoms with Gasteiger partial charge in [0, 0.05) is 29.1 Å². The third-order valence-electron chi connectivity index (χ3n) is 4.30. The minimum Gasteiger partial charge on any atom is -0.358 e. The van der Waals surface area contributed by atoms with Crippen molar-refractivity contribution in [3.63, 3.8) is 0 Å². The quantitative estimate of drug-likeness (QED) is 0.823. The Hall–Kier alpha value is -1.77. The SMILES string of the molecule is CCCCNC(=O)C1CCc2[nH]c3ccccc3c2C1. The maximum Gasteiger partial charge on any atom is 0.223 e. The van der Waals surface area contributed by atoms with Crippen LogP contribution in [0.15, 0.2) is 24.3 Å². The molecule has 0 fully saturated rings. The fourth-order valence-corrected chi connectivity index (χ4v) is 3.13. The summed E-state index contributed by atoms with van der Waals surface area (Å²) in [6, 6.07) is 8.40. The van der Waals surface area contributed by atoms with Gasteiger partial charge in [-0.2, -0.15) is 0 Å². The number of benzene rings is 1. The van der Waals surface area contributed by atoms with Gasteiger partial charge in [0.05, 0.1) is 0 Å². The Morgan fingerprint density at radius 1 is 1.40 bits per heavy atom. The summed E-state index contributed by atoms with van der Waals surface area (Å²) in [6.07, 6.45) is 5.00. The van der Waals surface area contributed by atoms with Crippen LogP contribution in [0, 0.1) is 5.92 Å². The minimum atomic E-state index is 0.138. The zero-order chi connectivity index (χ0) is 13.9. The van der Waals surface area contributed by atoms with Crippen LogP contribution in [0.3, 0.4) is 0 Å². The van der Waals surface area contributed by atoms with Gasteiger partial charge in [0.1, 0.15) is 0 Å². The van der Waals surface area contributed by atoms with Crippen molar-refractivity contribution in [3.05, 3.63) is 35.5 Å². The molecule has 1 heterocycles. The van der Waals surface area contributed by atoms with Gasteiger partial charge in [-0.25, -0.2) is 0 Å². The standard InChI is InChI=1S/C17H22N2O/c1-2-3-10-18-17(20)12-8-9-16-14(11-12)13-6-4-5-7-15(13)19-16/h4-7,12,19H,2-3,8-11H2,1H3,(H,18,20). The molecule has 106 valence electrons. The number of amides is 1. The summed E-state index contributed by atoms with van der Waals surface area (Å²) in [5.74, 6) is 0.368. The fourth-order valence-electron chi connectivity index (χ4n) is 3.13. The zero-order valence-electron chi connectivity index (χ0n) is 12.0. The molecule has 0 radical (unpaired) electrons. The normalized spacial score (nSPS) is 17.9. The van der Waals surface area contributed by atoms with Gasteiger partial charge in [-0.3, -0.25) is 4.79 Å². The van der Waals surface area contributed by atoms with Crippen LogP contribution in [-0.4, -0.2) is 17.4 Å². The second-order valence-electron chi connectivity index (χ2n) is 5.71. The summed E-state index contributed by atoms with van der Waals surface area (Å²) in [7, 11) is 0. The molecule has 20 heavy (non-hydrogen) atoms. The first-order valence-electron chi connectivity index (χ1n) is 7.65. The highest BCUT2D eigenvalue weighted by Crippen LogP contribution is 2.31. The van der Waals surface area contributed by atoms with E-state index in [1.807, 2.05) is 0 Å². The van der Waals surface area contributed by atoms with Gasteiger partial charge in [-0.05, 0) is 37.3 Å². The van der Waals surface area contributed by atoms with E-state index < -0.39 is 0 Å². The van der Waals surface area contributed by atoms with E-state index in [4.69, 9.17) is 0 Å². The summed E-state index contributed by atoms with van der Waals surface area (Å²) in [6.45, 7) is 2.96. The number of nitrogens with one attached hydrogen (secondary N) is 2. The van der Waals surface area contributed by atoms with E-state index in [0.717, 1.165) is 38.6 Å². The van der Waals surface area contributed by atoms with E-state index in [9.17, 15) is 4.79 Å². The molecule has 0 bridgehead atoms. The van der Waals surface area contributed by atoms with Crippen LogP contribution in [0.5, 0.6) is 0 Å². The highest BCUT2D eigenvalue weighted by atomic mass is 16.1. The van der Waals surface area contributed by atoms with Crippen LogP contribution in [0.2, 0.25) is 0 Å². The number of hydrogen-bond acceptors (Lipinski definition) is 1. The van der Waals surface area contributed by atoms with Crippen molar-refractivity contribution in [3.8, 4) is 0 Å². The molecule has 2 aromatic rings. The van der Waals surface area contributed by atoms with E-state index in [2.05, 4.69) is 41.5 Å². The van der Waals surface area contributed by atoms with Gasteiger partial charge in [0.25, 0.3) is 0 Å². The number of aryl methyl sites for hydroxylation is 1. The topological polar surface area (TPSA) is 44.9 Å². The molecule has 0 aliphatic heterocycles. The summed E-state index contributed by atoms with van der Waals surface area (Å²) >= 11 is 0. The molecule has 0 saturated heterocycles. The number of unbranched alkanes of at least 4 members (excludes halogenated alkanes) is 1. The summed E-state index contributed by atoms with van der Waals surface area (Å²) in [5.41, 5.74) is 3.87. The number of fused-ring (bicyclic) bond motifs is 3. The van der Waals surface area contributed by atoms with Gasteiger partial charge in [0.2, 0.25) is 5.91 Å². The van der Waals surface area contributed by atoms with E-state index in [0.29, 0.717) is 0 Å². The molecule has 1 atom stereocenters. The molecular formula is C17H22N2O. The average molecular weight is 270 g/mol. The van der Waals surface area contributed by atoms with Crippen LogP contribution in [0.4, 0.5) is 0 Å². The highest BCUT2D eigenvalue weighted by Gasteiger charge is 2.26. The summed E-state index contributed by atoms with van der Waals surface area (Å²) in [4.78, 5) is 15.7. The number of H-pyrrole nitrogens is 1. The van der Waals surface area contributed by atoms with Crippen LogP contribution < -0.4 is 5.32 Å². The maximum atomic E-state index is 12.2. The van der Waals surface area contributed by atoms with Crippen LogP contribution in [-0.2, 0) is 17.6 Å². The average Bonchev–Trinajstić information content (AvgIpc) is 2.85. The van der Waals surface area contributed by atoms with Crippen molar-refractivity contribution < 1.29 is 4.79 Å². The number of aromatic amines is 1. The molecule has 0 saturated carbocycles. The summed E-state index contributed by atoms with van der Waals surface area (Å²) in [5, 5.41) is 4.36. The van der Waals surface area contributed by atoms with Crippen LogP contribution in [0.1, 0.15) is 37.4 Å². The van der Waals surface area contributed by atoms with Gasteiger partial charge in [-0.1, -0.05) is 31.5 Å². The summed E-state index contributed by atoms with van der Waals surface area (Å²) < 4.78 is 0. The lowest BCUT2D eigenvalue weighted by Crippen LogP contribution is -2.34. The van der Waals surface area contributed by atoms with E-state index >= 15 is 0 Å². The van der Waals surface area contributed by atoms with Gasteiger partial charge < -0.3 is 10.3 Å². The molecule has 1 unspecified atom stereocenters.